The maximum Gasteiger partial charge on any atom is 0.253 e. The van der Waals surface area contributed by atoms with Crippen LogP contribution in [0.1, 0.15) is 16.0 Å². The summed E-state index contributed by atoms with van der Waals surface area (Å²) in [5.41, 5.74) is 3.27. The molecule has 0 amide bonds. The van der Waals surface area contributed by atoms with Crippen LogP contribution in [0, 0.1) is 6.92 Å². The summed E-state index contributed by atoms with van der Waals surface area (Å²) >= 11 is 7.43. The van der Waals surface area contributed by atoms with Gasteiger partial charge >= 0.3 is 0 Å². The van der Waals surface area contributed by atoms with E-state index in [4.69, 9.17) is 21.7 Å². The third-order valence-corrected chi connectivity index (χ3v) is 6.65. The molecule has 0 saturated heterocycles. The number of thiocarbonyl (C=S) groups is 1. The Morgan fingerprint density at radius 3 is 2.67 bits per heavy atom. The third-order valence-electron chi connectivity index (χ3n) is 5.43. The Kier molecular flexibility index (Phi) is 6.02. The molecule has 8 heteroatoms. The fourth-order valence-corrected chi connectivity index (χ4v) is 4.79. The van der Waals surface area contributed by atoms with E-state index in [0.29, 0.717) is 48.5 Å². The van der Waals surface area contributed by atoms with Crippen molar-refractivity contribution in [1.82, 2.24) is 9.88 Å². The minimum absolute atomic E-state index is 0.145. The fraction of sp³-hybridized carbons (Fsp3) is 0.200. The molecule has 0 aliphatic carbocycles. The lowest BCUT2D eigenvalue weighted by molar-refractivity contribution is 0.172. The Morgan fingerprint density at radius 2 is 1.91 bits per heavy atom. The van der Waals surface area contributed by atoms with Crippen LogP contribution in [-0.4, -0.2) is 28.2 Å². The lowest BCUT2D eigenvalue weighted by atomic mass is 10.1. The van der Waals surface area contributed by atoms with Gasteiger partial charge in [0.2, 0.25) is 0 Å². The summed E-state index contributed by atoms with van der Waals surface area (Å²) in [7, 11) is 0. The Morgan fingerprint density at radius 1 is 1.09 bits per heavy atom. The Labute approximate surface area is 200 Å². The van der Waals surface area contributed by atoms with Crippen LogP contribution in [0.5, 0.6) is 11.5 Å². The number of aromatic amines is 1. The second kappa shape index (κ2) is 9.25. The molecular formula is C25H23N3O3S2. The van der Waals surface area contributed by atoms with E-state index in [1.54, 1.807) is 11.3 Å². The van der Waals surface area contributed by atoms with Gasteiger partial charge in [-0.3, -0.25) is 4.79 Å². The number of benzene rings is 2. The van der Waals surface area contributed by atoms with Gasteiger partial charge in [0.05, 0.1) is 18.6 Å². The maximum absolute atomic E-state index is 12.9. The lowest BCUT2D eigenvalue weighted by Gasteiger charge is -2.25. The summed E-state index contributed by atoms with van der Waals surface area (Å²) in [6.07, 6.45) is 0. The van der Waals surface area contributed by atoms with Crippen molar-refractivity contribution < 1.29 is 9.47 Å². The minimum atomic E-state index is -0.145. The highest BCUT2D eigenvalue weighted by molar-refractivity contribution is 7.80. The van der Waals surface area contributed by atoms with E-state index >= 15 is 0 Å². The first-order valence-electron chi connectivity index (χ1n) is 10.7. The lowest BCUT2D eigenvalue weighted by Crippen LogP contribution is -2.35. The zero-order valence-corrected chi connectivity index (χ0v) is 19.7. The van der Waals surface area contributed by atoms with Crippen molar-refractivity contribution in [3.8, 4) is 11.5 Å². The van der Waals surface area contributed by atoms with Crippen molar-refractivity contribution in [2.24, 2.45) is 0 Å². The average Bonchev–Trinajstić information content (AvgIpc) is 3.31. The van der Waals surface area contributed by atoms with Gasteiger partial charge in [-0.05, 0) is 60.4 Å². The zero-order valence-electron chi connectivity index (χ0n) is 18.1. The number of thiophene rings is 1. The predicted molar refractivity (Wildman–Crippen MR) is 137 cm³/mol. The first kappa shape index (κ1) is 21.5. The van der Waals surface area contributed by atoms with Crippen molar-refractivity contribution in [2.75, 3.05) is 18.5 Å². The second-order valence-electron chi connectivity index (χ2n) is 7.94. The molecule has 0 spiro atoms. The number of aromatic nitrogens is 1. The highest BCUT2D eigenvalue weighted by Crippen LogP contribution is 2.33. The van der Waals surface area contributed by atoms with E-state index < -0.39 is 0 Å². The summed E-state index contributed by atoms with van der Waals surface area (Å²) < 4.78 is 11.4. The molecule has 33 heavy (non-hydrogen) atoms. The summed E-state index contributed by atoms with van der Waals surface area (Å²) in [4.78, 5) is 19.1. The zero-order chi connectivity index (χ0) is 22.8. The molecule has 2 N–H and O–H groups in total. The van der Waals surface area contributed by atoms with Crippen LogP contribution in [0.25, 0.3) is 10.9 Å². The molecule has 3 heterocycles. The van der Waals surface area contributed by atoms with Gasteiger partial charge in [0.25, 0.3) is 5.56 Å². The number of nitrogens with zero attached hydrogens (tertiary/aromatic N) is 1. The standard InChI is InChI=1S/C25H23N3O3S2/c1-16-4-2-5-19(10-16)26-25(32)28(15-20-6-3-9-33-20)14-18-11-17-12-22-23(31-8-7-30-22)13-21(17)27-24(18)29/h2-6,9-13H,7-8,14-15H2,1H3,(H,26,32)(H,27,29). The van der Waals surface area contributed by atoms with E-state index in [2.05, 4.69) is 16.4 Å². The van der Waals surface area contributed by atoms with Crippen LogP contribution in [0.4, 0.5) is 5.69 Å². The molecule has 2 aromatic heterocycles. The number of hydrogen-bond acceptors (Lipinski definition) is 5. The Balaban J connectivity index is 1.45. The minimum Gasteiger partial charge on any atom is -0.486 e. The van der Waals surface area contributed by atoms with Crippen LogP contribution >= 0.6 is 23.6 Å². The molecule has 0 radical (unpaired) electrons. The smallest absolute Gasteiger partial charge is 0.253 e. The Bertz CT molecular complexity index is 1370. The summed E-state index contributed by atoms with van der Waals surface area (Å²) in [5.74, 6) is 1.35. The van der Waals surface area contributed by atoms with Crippen molar-refractivity contribution in [3.05, 3.63) is 86.3 Å². The van der Waals surface area contributed by atoms with Gasteiger partial charge in [-0.2, -0.15) is 0 Å². The Hall–Kier alpha value is -3.36. The molecule has 2 aromatic carbocycles. The van der Waals surface area contributed by atoms with Crippen LogP contribution in [0.3, 0.4) is 0 Å². The quantitative estimate of drug-likeness (QED) is 0.391. The van der Waals surface area contributed by atoms with Crippen molar-refractivity contribution in [1.29, 1.82) is 0 Å². The van der Waals surface area contributed by atoms with E-state index in [1.807, 2.05) is 65.7 Å². The molecule has 0 atom stereocenters. The normalized spacial score (nSPS) is 12.5. The number of rotatable bonds is 5. The third kappa shape index (κ3) is 4.86. The van der Waals surface area contributed by atoms with Gasteiger partial charge in [0.1, 0.15) is 13.2 Å². The van der Waals surface area contributed by atoms with Gasteiger partial charge < -0.3 is 24.7 Å². The topological polar surface area (TPSA) is 66.6 Å². The highest BCUT2D eigenvalue weighted by atomic mass is 32.1. The number of hydrogen-bond donors (Lipinski definition) is 2. The van der Waals surface area contributed by atoms with E-state index in [-0.39, 0.29) is 5.56 Å². The van der Waals surface area contributed by atoms with E-state index in [9.17, 15) is 4.79 Å². The van der Waals surface area contributed by atoms with Crippen LogP contribution in [0.2, 0.25) is 0 Å². The van der Waals surface area contributed by atoms with Crippen molar-refractivity contribution in [2.45, 2.75) is 20.0 Å². The number of fused-ring (bicyclic) bond motifs is 2. The van der Waals surface area contributed by atoms with Crippen molar-refractivity contribution in [3.63, 3.8) is 0 Å². The van der Waals surface area contributed by atoms with Crippen LogP contribution in [0.15, 0.2) is 64.8 Å². The first-order valence-corrected chi connectivity index (χ1v) is 11.9. The number of nitrogens with one attached hydrogen (secondary N) is 2. The molecule has 6 nitrogen and oxygen atoms in total. The van der Waals surface area contributed by atoms with Crippen LogP contribution < -0.4 is 20.3 Å². The number of pyridine rings is 1. The predicted octanol–water partition coefficient (Wildman–Crippen LogP) is 5.07. The number of H-pyrrole nitrogens is 1. The molecule has 1 aliphatic rings. The fourth-order valence-electron chi connectivity index (χ4n) is 3.83. The average molecular weight is 478 g/mol. The molecule has 0 saturated carbocycles. The summed E-state index contributed by atoms with van der Waals surface area (Å²) in [5, 5.41) is 6.82. The van der Waals surface area contributed by atoms with Crippen molar-refractivity contribution >= 4 is 45.3 Å². The van der Waals surface area contributed by atoms with Gasteiger partial charge in [0, 0.05) is 27.6 Å². The monoisotopic (exact) mass is 477 g/mol. The number of anilines is 1. The molecule has 0 fully saturated rings. The van der Waals surface area contributed by atoms with Gasteiger partial charge in [-0.15, -0.1) is 11.3 Å². The van der Waals surface area contributed by atoms with E-state index in [1.165, 1.54) is 4.88 Å². The molecule has 4 aromatic rings. The molecule has 0 unspecified atom stereocenters. The summed E-state index contributed by atoms with van der Waals surface area (Å²) in [6.45, 7) is 4.04. The van der Waals surface area contributed by atoms with Gasteiger partial charge in [0.15, 0.2) is 16.6 Å². The van der Waals surface area contributed by atoms with Gasteiger partial charge in [-0.25, -0.2) is 0 Å². The molecular weight excluding hydrogens is 454 g/mol. The highest BCUT2D eigenvalue weighted by Gasteiger charge is 2.17. The van der Waals surface area contributed by atoms with E-state index in [0.717, 1.165) is 22.2 Å². The molecule has 5 rings (SSSR count). The molecule has 1 aliphatic heterocycles. The maximum atomic E-state index is 12.9. The van der Waals surface area contributed by atoms with Gasteiger partial charge in [-0.1, -0.05) is 18.2 Å². The second-order valence-corrected chi connectivity index (χ2v) is 9.36. The van der Waals surface area contributed by atoms with Crippen LogP contribution in [-0.2, 0) is 13.1 Å². The molecule has 0 bridgehead atoms. The molecule has 168 valence electrons. The SMILES string of the molecule is Cc1cccc(NC(=S)N(Cc2cccs2)Cc2cc3cc4c(cc3[nH]c2=O)OCCO4)c1. The largest absolute Gasteiger partial charge is 0.486 e. The number of ether oxygens (including phenoxy) is 2. The first-order chi connectivity index (χ1) is 16.0. The summed E-state index contributed by atoms with van der Waals surface area (Å²) in [6, 6.07) is 17.8. The number of aryl methyl sites for hydroxylation is 1.